The molecule has 1 heterocycles. The fraction of sp³-hybridized carbons (Fsp3) is 0.471. The summed E-state index contributed by atoms with van der Waals surface area (Å²) < 4.78 is 0. The molecule has 124 valence electrons. The SMILES string of the molecule is Cc1cc(C)c(NC(=O)CN2C(=O)C(C)SC(C)C2=O)c(C)c1. The second-order valence-corrected chi connectivity index (χ2v) is 7.69. The number of hydrogen-bond donors (Lipinski definition) is 1. The van der Waals surface area contributed by atoms with Gasteiger partial charge in [-0.1, -0.05) is 17.7 Å². The molecule has 0 aliphatic carbocycles. The first kappa shape index (κ1) is 17.5. The van der Waals surface area contributed by atoms with Gasteiger partial charge in [-0.3, -0.25) is 19.3 Å². The molecule has 1 aromatic rings. The van der Waals surface area contributed by atoms with Crippen molar-refractivity contribution in [3.05, 3.63) is 28.8 Å². The van der Waals surface area contributed by atoms with Crippen molar-refractivity contribution in [3.63, 3.8) is 0 Å². The fourth-order valence-electron chi connectivity index (χ4n) is 2.83. The first-order valence-electron chi connectivity index (χ1n) is 7.59. The Hall–Kier alpha value is -1.82. The molecule has 2 atom stereocenters. The van der Waals surface area contributed by atoms with E-state index in [1.54, 1.807) is 13.8 Å². The van der Waals surface area contributed by atoms with E-state index in [0.717, 1.165) is 27.3 Å². The van der Waals surface area contributed by atoms with Crippen LogP contribution in [0.3, 0.4) is 0 Å². The number of nitrogens with one attached hydrogen (secondary N) is 1. The highest BCUT2D eigenvalue weighted by Crippen LogP contribution is 2.27. The Morgan fingerprint density at radius 3 is 2.04 bits per heavy atom. The van der Waals surface area contributed by atoms with Crippen LogP contribution in [0, 0.1) is 20.8 Å². The van der Waals surface area contributed by atoms with Crippen LogP contribution in [0.4, 0.5) is 5.69 Å². The number of rotatable bonds is 3. The summed E-state index contributed by atoms with van der Waals surface area (Å²) in [5, 5.41) is 2.22. The molecular weight excluding hydrogens is 312 g/mol. The molecular formula is C17H22N2O3S. The Morgan fingerprint density at radius 1 is 1.09 bits per heavy atom. The van der Waals surface area contributed by atoms with Crippen LogP contribution in [0.2, 0.25) is 0 Å². The number of benzene rings is 1. The molecule has 2 unspecified atom stereocenters. The normalized spacial score (nSPS) is 21.5. The van der Waals surface area contributed by atoms with Crippen molar-refractivity contribution in [3.8, 4) is 0 Å². The van der Waals surface area contributed by atoms with E-state index in [9.17, 15) is 14.4 Å². The minimum Gasteiger partial charge on any atom is -0.324 e. The van der Waals surface area contributed by atoms with Gasteiger partial charge in [-0.2, -0.15) is 0 Å². The Labute approximate surface area is 140 Å². The minimum absolute atomic E-state index is 0.236. The maximum absolute atomic E-state index is 12.3. The third kappa shape index (κ3) is 3.75. The summed E-state index contributed by atoms with van der Waals surface area (Å²) >= 11 is 1.33. The van der Waals surface area contributed by atoms with E-state index in [1.807, 2.05) is 32.9 Å². The highest BCUT2D eigenvalue weighted by atomic mass is 32.2. The van der Waals surface area contributed by atoms with Gasteiger partial charge in [0.25, 0.3) is 0 Å². The molecule has 0 aromatic heterocycles. The Kier molecular flexibility index (Phi) is 5.14. The van der Waals surface area contributed by atoms with Crippen molar-refractivity contribution in [2.45, 2.75) is 45.1 Å². The van der Waals surface area contributed by atoms with Crippen molar-refractivity contribution in [1.29, 1.82) is 0 Å². The second-order valence-electron chi connectivity index (χ2n) is 6.01. The summed E-state index contributed by atoms with van der Waals surface area (Å²) in [4.78, 5) is 37.7. The van der Waals surface area contributed by atoms with Crippen molar-refractivity contribution in [1.82, 2.24) is 4.90 Å². The van der Waals surface area contributed by atoms with Gasteiger partial charge in [-0.05, 0) is 45.7 Å². The Balaban J connectivity index is 2.13. The molecule has 3 amide bonds. The zero-order valence-electron chi connectivity index (χ0n) is 14.1. The molecule has 1 fully saturated rings. The van der Waals surface area contributed by atoms with Crippen molar-refractivity contribution < 1.29 is 14.4 Å². The van der Waals surface area contributed by atoms with Crippen LogP contribution >= 0.6 is 11.8 Å². The fourth-order valence-corrected chi connectivity index (χ4v) is 3.93. The number of anilines is 1. The van der Waals surface area contributed by atoms with Crippen LogP contribution in [-0.2, 0) is 14.4 Å². The van der Waals surface area contributed by atoms with E-state index in [-0.39, 0.29) is 34.8 Å². The van der Waals surface area contributed by atoms with Gasteiger partial charge in [0, 0.05) is 5.69 Å². The van der Waals surface area contributed by atoms with Gasteiger partial charge in [-0.25, -0.2) is 0 Å². The van der Waals surface area contributed by atoms with Crippen LogP contribution in [0.25, 0.3) is 0 Å². The molecule has 0 spiro atoms. The molecule has 1 aliphatic rings. The van der Waals surface area contributed by atoms with E-state index in [4.69, 9.17) is 0 Å². The predicted molar refractivity (Wildman–Crippen MR) is 92.5 cm³/mol. The number of thioether (sulfide) groups is 1. The maximum atomic E-state index is 12.3. The first-order chi connectivity index (χ1) is 10.7. The number of carbonyl (C=O) groups excluding carboxylic acids is 3. The molecule has 0 saturated carbocycles. The summed E-state index contributed by atoms with van der Waals surface area (Å²) in [6, 6.07) is 3.97. The van der Waals surface area contributed by atoms with E-state index < -0.39 is 0 Å². The molecule has 1 saturated heterocycles. The molecule has 1 aliphatic heterocycles. The molecule has 2 rings (SSSR count). The van der Waals surface area contributed by atoms with Gasteiger partial charge < -0.3 is 5.32 Å². The van der Waals surface area contributed by atoms with Crippen molar-refractivity contribution in [2.24, 2.45) is 0 Å². The first-order valence-corrected chi connectivity index (χ1v) is 8.53. The molecule has 6 heteroatoms. The standard InChI is InChI=1S/C17H22N2O3S/c1-9-6-10(2)15(11(3)7-9)18-14(20)8-19-16(21)12(4)23-13(5)17(19)22/h6-7,12-13H,8H2,1-5H3,(H,18,20). The number of hydrogen-bond acceptors (Lipinski definition) is 4. The molecule has 0 radical (unpaired) electrons. The van der Waals surface area contributed by atoms with E-state index >= 15 is 0 Å². The van der Waals surface area contributed by atoms with E-state index in [2.05, 4.69) is 5.32 Å². The number of carbonyl (C=O) groups is 3. The lowest BCUT2D eigenvalue weighted by molar-refractivity contribution is -0.147. The van der Waals surface area contributed by atoms with Crippen LogP contribution in [0.15, 0.2) is 12.1 Å². The largest absolute Gasteiger partial charge is 0.324 e. The van der Waals surface area contributed by atoms with Gasteiger partial charge in [0.15, 0.2) is 0 Å². The summed E-state index contributed by atoms with van der Waals surface area (Å²) in [5.41, 5.74) is 3.79. The zero-order valence-corrected chi connectivity index (χ0v) is 14.9. The quantitative estimate of drug-likeness (QED) is 0.862. The smallest absolute Gasteiger partial charge is 0.244 e. The van der Waals surface area contributed by atoms with Crippen LogP contribution in [0.5, 0.6) is 0 Å². The number of nitrogens with zero attached hydrogens (tertiary/aromatic N) is 1. The van der Waals surface area contributed by atoms with Gasteiger partial charge in [0.2, 0.25) is 17.7 Å². The monoisotopic (exact) mass is 334 g/mol. The molecule has 5 nitrogen and oxygen atoms in total. The van der Waals surface area contributed by atoms with E-state index in [0.29, 0.717) is 0 Å². The van der Waals surface area contributed by atoms with Gasteiger partial charge >= 0.3 is 0 Å². The Morgan fingerprint density at radius 2 is 1.57 bits per heavy atom. The average Bonchev–Trinajstić information content (AvgIpc) is 2.45. The lowest BCUT2D eigenvalue weighted by Crippen LogP contribution is -2.52. The van der Waals surface area contributed by atoms with Crippen LogP contribution in [0.1, 0.15) is 30.5 Å². The summed E-state index contributed by atoms with van der Waals surface area (Å²) in [7, 11) is 0. The highest BCUT2D eigenvalue weighted by Gasteiger charge is 2.38. The minimum atomic E-state index is -0.354. The number of imide groups is 1. The summed E-state index contributed by atoms with van der Waals surface area (Å²) in [6.45, 7) is 9.13. The zero-order chi connectivity index (χ0) is 17.3. The third-order valence-corrected chi connectivity index (χ3v) is 5.10. The summed E-state index contributed by atoms with van der Waals surface area (Å²) in [5.74, 6) is -0.954. The van der Waals surface area contributed by atoms with Crippen LogP contribution < -0.4 is 5.32 Å². The predicted octanol–water partition coefficient (Wildman–Crippen LogP) is 2.43. The van der Waals surface area contributed by atoms with Gasteiger partial charge in [-0.15, -0.1) is 11.8 Å². The molecule has 23 heavy (non-hydrogen) atoms. The highest BCUT2D eigenvalue weighted by molar-refractivity contribution is 8.02. The number of aryl methyl sites for hydroxylation is 3. The van der Waals surface area contributed by atoms with E-state index in [1.165, 1.54) is 11.8 Å². The van der Waals surface area contributed by atoms with Crippen molar-refractivity contribution in [2.75, 3.05) is 11.9 Å². The lowest BCUT2D eigenvalue weighted by Gasteiger charge is -2.31. The molecule has 0 bridgehead atoms. The number of amides is 3. The topological polar surface area (TPSA) is 66.5 Å². The Bertz CT molecular complexity index is 629. The maximum Gasteiger partial charge on any atom is 0.244 e. The summed E-state index contributed by atoms with van der Waals surface area (Å²) in [6.07, 6.45) is 0. The third-order valence-electron chi connectivity index (χ3n) is 3.88. The van der Waals surface area contributed by atoms with Gasteiger partial charge in [0.1, 0.15) is 6.54 Å². The second kappa shape index (κ2) is 6.74. The van der Waals surface area contributed by atoms with Crippen molar-refractivity contribution >= 4 is 35.2 Å². The molecule has 1 aromatic carbocycles. The molecule has 1 N–H and O–H groups in total. The average molecular weight is 334 g/mol. The van der Waals surface area contributed by atoms with Gasteiger partial charge in [0.05, 0.1) is 10.5 Å². The van der Waals surface area contributed by atoms with Crippen LogP contribution in [-0.4, -0.2) is 39.7 Å². The lowest BCUT2D eigenvalue weighted by atomic mass is 10.1.